The molecule has 0 saturated heterocycles. The van der Waals surface area contributed by atoms with Gasteiger partial charge in [-0.15, -0.1) is 0 Å². The zero-order chi connectivity index (χ0) is 15.5. The molecule has 2 aromatic rings. The highest BCUT2D eigenvalue weighted by atomic mass is 16.5. The van der Waals surface area contributed by atoms with Gasteiger partial charge in [-0.3, -0.25) is 4.79 Å². The van der Waals surface area contributed by atoms with Crippen LogP contribution in [0, 0.1) is 0 Å². The number of nitrogens with zero attached hydrogens (tertiary/aromatic N) is 1. The second-order valence-corrected chi connectivity index (χ2v) is 5.63. The average Bonchev–Trinajstić information content (AvgIpc) is 2.99. The van der Waals surface area contributed by atoms with Crippen molar-refractivity contribution < 1.29 is 9.53 Å². The number of carbonyl (C=O) groups excluding carboxylic acids is 1. The summed E-state index contributed by atoms with van der Waals surface area (Å²) in [6, 6.07) is 16.0. The van der Waals surface area contributed by atoms with E-state index >= 15 is 0 Å². The number of benzene rings is 2. The van der Waals surface area contributed by atoms with Crippen molar-refractivity contribution in [3.63, 3.8) is 0 Å². The topological polar surface area (TPSA) is 29.5 Å². The van der Waals surface area contributed by atoms with Crippen LogP contribution in [0.3, 0.4) is 0 Å². The van der Waals surface area contributed by atoms with Crippen molar-refractivity contribution in [3.8, 4) is 5.75 Å². The zero-order valence-corrected chi connectivity index (χ0v) is 13.1. The average molecular weight is 295 g/mol. The van der Waals surface area contributed by atoms with Crippen molar-refractivity contribution in [2.24, 2.45) is 0 Å². The van der Waals surface area contributed by atoms with Gasteiger partial charge in [-0.05, 0) is 49.1 Å². The molecule has 3 heteroatoms. The van der Waals surface area contributed by atoms with Gasteiger partial charge in [-0.1, -0.05) is 37.3 Å². The van der Waals surface area contributed by atoms with Crippen LogP contribution in [0.2, 0.25) is 0 Å². The van der Waals surface area contributed by atoms with E-state index in [0.29, 0.717) is 0 Å². The van der Waals surface area contributed by atoms with Crippen LogP contribution in [0.25, 0.3) is 0 Å². The molecule has 0 radical (unpaired) electrons. The van der Waals surface area contributed by atoms with Crippen molar-refractivity contribution in [2.75, 3.05) is 11.4 Å². The first-order chi connectivity index (χ1) is 10.7. The van der Waals surface area contributed by atoms with Gasteiger partial charge in [0, 0.05) is 12.2 Å². The van der Waals surface area contributed by atoms with Crippen LogP contribution in [0.15, 0.2) is 48.5 Å². The molecule has 0 saturated carbocycles. The molecule has 1 aliphatic heterocycles. The van der Waals surface area contributed by atoms with Crippen LogP contribution in [0.4, 0.5) is 5.69 Å². The summed E-state index contributed by atoms with van der Waals surface area (Å²) in [7, 11) is 0. The molecule has 0 spiro atoms. The number of amides is 1. The minimum atomic E-state index is -0.487. The fraction of sp³-hybridized carbons (Fsp3) is 0.316. The summed E-state index contributed by atoms with van der Waals surface area (Å²) >= 11 is 0. The van der Waals surface area contributed by atoms with Gasteiger partial charge >= 0.3 is 0 Å². The normalized spacial score (nSPS) is 14.5. The van der Waals surface area contributed by atoms with Gasteiger partial charge in [0.2, 0.25) is 0 Å². The Hall–Kier alpha value is -2.29. The largest absolute Gasteiger partial charge is 0.481 e. The van der Waals surface area contributed by atoms with Crippen LogP contribution in [-0.2, 0) is 17.6 Å². The Morgan fingerprint density at radius 2 is 1.91 bits per heavy atom. The molecule has 1 unspecified atom stereocenters. The molecule has 0 aliphatic carbocycles. The maximum atomic E-state index is 12.6. The highest BCUT2D eigenvalue weighted by Gasteiger charge is 2.28. The number of aryl methyl sites for hydroxylation is 1. The quantitative estimate of drug-likeness (QED) is 0.862. The highest BCUT2D eigenvalue weighted by molar-refractivity contribution is 5.98. The summed E-state index contributed by atoms with van der Waals surface area (Å²) in [6.45, 7) is 4.67. The van der Waals surface area contributed by atoms with Crippen LogP contribution < -0.4 is 9.64 Å². The Morgan fingerprint density at radius 3 is 2.64 bits per heavy atom. The van der Waals surface area contributed by atoms with Crippen molar-refractivity contribution in [2.45, 2.75) is 32.8 Å². The Morgan fingerprint density at radius 1 is 1.18 bits per heavy atom. The number of rotatable bonds is 4. The summed E-state index contributed by atoms with van der Waals surface area (Å²) in [5, 5.41) is 0. The molecule has 0 aromatic heterocycles. The molecule has 2 aromatic carbocycles. The molecule has 3 rings (SSSR count). The third kappa shape index (κ3) is 2.84. The van der Waals surface area contributed by atoms with Gasteiger partial charge in [-0.25, -0.2) is 0 Å². The molecule has 0 bridgehead atoms. The van der Waals surface area contributed by atoms with Crippen molar-refractivity contribution in [3.05, 3.63) is 59.7 Å². The number of anilines is 1. The minimum absolute atomic E-state index is 0.0181. The number of para-hydroxylation sites is 1. The highest BCUT2D eigenvalue weighted by Crippen LogP contribution is 2.28. The smallest absolute Gasteiger partial charge is 0.267 e. The van der Waals surface area contributed by atoms with Crippen molar-refractivity contribution >= 4 is 11.6 Å². The van der Waals surface area contributed by atoms with E-state index in [4.69, 9.17) is 4.74 Å². The standard InChI is InChI=1S/C19H21NO2/c1-3-15-8-10-17(11-9-15)22-14(2)19(21)20-13-12-16-6-4-5-7-18(16)20/h4-11,14H,3,12-13H2,1-2H3. The zero-order valence-electron chi connectivity index (χ0n) is 13.1. The molecule has 1 amide bonds. The molecule has 3 nitrogen and oxygen atoms in total. The maximum absolute atomic E-state index is 12.6. The van der Waals surface area contributed by atoms with Gasteiger partial charge in [0.05, 0.1) is 0 Å². The number of hydrogen-bond acceptors (Lipinski definition) is 2. The van der Waals surface area contributed by atoms with Crippen LogP contribution in [0.1, 0.15) is 25.0 Å². The molecule has 0 N–H and O–H groups in total. The van der Waals surface area contributed by atoms with E-state index in [2.05, 4.69) is 13.0 Å². The number of carbonyl (C=O) groups is 1. The first-order valence-corrected chi connectivity index (χ1v) is 7.84. The van der Waals surface area contributed by atoms with Crippen LogP contribution in [-0.4, -0.2) is 18.6 Å². The van der Waals surface area contributed by atoms with E-state index in [9.17, 15) is 4.79 Å². The third-order valence-electron chi connectivity index (χ3n) is 4.15. The molecule has 22 heavy (non-hydrogen) atoms. The van der Waals surface area contributed by atoms with E-state index in [1.54, 1.807) is 0 Å². The Kier molecular flexibility index (Phi) is 4.14. The molecule has 0 fully saturated rings. The molecular formula is C19H21NO2. The Bertz CT molecular complexity index is 663. The first-order valence-electron chi connectivity index (χ1n) is 7.84. The second kappa shape index (κ2) is 6.22. The summed E-state index contributed by atoms with van der Waals surface area (Å²) in [6.07, 6.45) is 1.43. The maximum Gasteiger partial charge on any atom is 0.267 e. The number of hydrogen-bond donors (Lipinski definition) is 0. The molecular weight excluding hydrogens is 274 g/mol. The fourth-order valence-corrected chi connectivity index (χ4v) is 2.84. The van der Waals surface area contributed by atoms with E-state index in [-0.39, 0.29) is 5.91 Å². The predicted octanol–water partition coefficient (Wildman–Crippen LogP) is 3.61. The van der Waals surface area contributed by atoms with E-state index < -0.39 is 6.10 Å². The fourth-order valence-electron chi connectivity index (χ4n) is 2.84. The Labute approximate surface area is 131 Å². The summed E-state index contributed by atoms with van der Waals surface area (Å²) in [4.78, 5) is 14.5. The van der Waals surface area contributed by atoms with Crippen molar-refractivity contribution in [1.29, 1.82) is 0 Å². The van der Waals surface area contributed by atoms with Gasteiger partial charge in [0.25, 0.3) is 5.91 Å². The number of fused-ring (bicyclic) bond motifs is 1. The molecule has 1 heterocycles. The van der Waals surface area contributed by atoms with E-state index in [1.807, 2.05) is 54.3 Å². The third-order valence-corrected chi connectivity index (χ3v) is 4.15. The lowest BCUT2D eigenvalue weighted by Gasteiger charge is -2.22. The van der Waals surface area contributed by atoms with Gasteiger partial charge in [0.15, 0.2) is 6.10 Å². The SMILES string of the molecule is CCc1ccc(OC(C)C(=O)N2CCc3ccccc32)cc1. The van der Waals surface area contributed by atoms with E-state index in [1.165, 1.54) is 11.1 Å². The summed E-state index contributed by atoms with van der Waals surface area (Å²) in [5.74, 6) is 0.759. The van der Waals surface area contributed by atoms with E-state index in [0.717, 1.165) is 30.8 Å². The van der Waals surface area contributed by atoms with Crippen molar-refractivity contribution in [1.82, 2.24) is 0 Å². The predicted molar refractivity (Wildman–Crippen MR) is 88.4 cm³/mol. The second-order valence-electron chi connectivity index (χ2n) is 5.63. The number of ether oxygens (including phenoxy) is 1. The molecule has 1 aliphatic rings. The summed E-state index contributed by atoms with van der Waals surface area (Å²) in [5.41, 5.74) is 3.51. The molecule has 114 valence electrons. The minimum Gasteiger partial charge on any atom is -0.481 e. The lowest BCUT2D eigenvalue weighted by atomic mass is 10.2. The lowest BCUT2D eigenvalue weighted by molar-refractivity contribution is -0.124. The monoisotopic (exact) mass is 295 g/mol. The van der Waals surface area contributed by atoms with Crippen LogP contribution >= 0.6 is 0 Å². The van der Waals surface area contributed by atoms with Gasteiger partial charge < -0.3 is 9.64 Å². The van der Waals surface area contributed by atoms with Gasteiger partial charge in [-0.2, -0.15) is 0 Å². The first kappa shape index (κ1) is 14.6. The van der Waals surface area contributed by atoms with Gasteiger partial charge in [0.1, 0.15) is 5.75 Å². The lowest BCUT2D eigenvalue weighted by Crippen LogP contribution is -2.39. The summed E-state index contributed by atoms with van der Waals surface area (Å²) < 4.78 is 5.81. The van der Waals surface area contributed by atoms with Crippen LogP contribution in [0.5, 0.6) is 5.75 Å². The molecule has 1 atom stereocenters. The Balaban J connectivity index is 1.70.